The van der Waals surface area contributed by atoms with Crippen LogP contribution in [0.2, 0.25) is 0 Å². The molecule has 22 heavy (non-hydrogen) atoms. The number of benzene rings is 1. The van der Waals surface area contributed by atoms with Crippen molar-refractivity contribution in [3.05, 3.63) is 35.4 Å². The third kappa shape index (κ3) is 4.32. The maximum Gasteiger partial charge on any atom is 0.0656 e. The largest absolute Gasteiger partial charge is 0.310 e. The van der Waals surface area contributed by atoms with Crippen LogP contribution in [0.5, 0.6) is 0 Å². The van der Waals surface area contributed by atoms with E-state index in [1.807, 2.05) is 0 Å². The van der Waals surface area contributed by atoms with Crippen LogP contribution in [0.15, 0.2) is 24.3 Å². The first-order valence-electron chi connectivity index (χ1n) is 8.76. The zero-order chi connectivity index (χ0) is 15.2. The molecule has 2 aliphatic rings. The van der Waals surface area contributed by atoms with Gasteiger partial charge in [-0.05, 0) is 56.3 Å². The molecule has 2 fully saturated rings. The molecule has 118 valence electrons. The molecule has 3 heteroatoms. The van der Waals surface area contributed by atoms with Crippen molar-refractivity contribution in [3.8, 4) is 6.07 Å². The number of hydrogen-bond donors (Lipinski definition) is 1. The van der Waals surface area contributed by atoms with Gasteiger partial charge in [0.05, 0.1) is 6.07 Å². The molecule has 1 heterocycles. The number of likely N-dealkylation sites (tertiary alicyclic amines) is 1. The number of hydrogen-bond acceptors (Lipinski definition) is 3. The highest BCUT2D eigenvalue weighted by atomic mass is 15.1. The Morgan fingerprint density at radius 2 is 1.95 bits per heavy atom. The molecule has 0 spiro atoms. The second-order valence-corrected chi connectivity index (χ2v) is 6.87. The summed E-state index contributed by atoms with van der Waals surface area (Å²) in [6.45, 7) is 4.52. The summed E-state index contributed by atoms with van der Waals surface area (Å²) in [5.41, 5.74) is 2.80. The van der Waals surface area contributed by atoms with Crippen LogP contribution >= 0.6 is 0 Å². The molecular formula is C19H27N3. The normalized spacial score (nSPS) is 26.0. The minimum absolute atomic E-state index is 0.257. The molecule has 3 nitrogen and oxygen atoms in total. The Bertz CT molecular complexity index is 514. The van der Waals surface area contributed by atoms with Gasteiger partial charge < -0.3 is 5.32 Å². The zero-order valence-corrected chi connectivity index (χ0v) is 13.4. The zero-order valence-electron chi connectivity index (χ0n) is 13.4. The van der Waals surface area contributed by atoms with Crippen LogP contribution in [-0.4, -0.2) is 24.0 Å². The molecule has 0 amide bonds. The lowest BCUT2D eigenvalue weighted by Gasteiger charge is -2.26. The first kappa shape index (κ1) is 15.5. The Morgan fingerprint density at radius 1 is 1.14 bits per heavy atom. The highest BCUT2D eigenvalue weighted by Crippen LogP contribution is 2.24. The highest BCUT2D eigenvalue weighted by Gasteiger charge is 2.21. The summed E-state index contributed by atoms with van der Waals surface area (Å²) in [7, 11) is 0. The van der Waals surface area contributed by atoms with Gasteiger partial charge in [0.1, 0.15) is 0 Å². The summed E-state index contributed by atoms with van der Waals surface area (Å²) in [5, 5.41) is 12.7. The average molecular weight is 297 g/mol. The minimum atomic E-state index is 0.257. The van der Waals surface area contributed by atoms with Gasteiger partial charge in [-0.25, -0.2) is 0 Å². The maximum absolute atomic E-state index is 9.08. The van der Waals surface area contributed by atoms with E-state index < -0.39 is 0 Å². The predicted octanol–water partition coefficient (Wildman–Crippen LogP) is 3.45. The molecule has 1 aromatic carbocycles. The van der Waals surface area contributed by atoms with Crippen molar-refractivity contribution in [3.63, 3.8) is 0 Å². The highest BCUT2D eigenvalue weighted by molar-refractivity contribution is 5.23. The molecule has 1 saturated heterocycles. The van der Waals surface area contributed by atoms with Crippen LogP contribution in [0, 0.1) is 17.2 Å². The van der Waals surface area contributed by atoms with Crippen molar-refractivity contribution in [2.75, 3.05) is 13.1 Å². The monoisotopic (exact) mass is 297 g/mol. The molecule has 0 bridgehead atoms. The van der Waals surface area contributed by atoms with Crippen molar-refractivity contribution in [1.29, 1.82) is 5.26 Å². The van der Waals surface area contributed by atoms with Crippen LogP contribution < -0.4 is 5.32 Å². The molecule has 1 N–H and O–H groups in total. The van der Waals surface area contributed by atoms with Crippen molar-refractivity contribution in [2.24, 2.45) is 5.92 Å². The third-order valence-electron chi connectivity index (χ3n) is 5.05. The summed E-state index contributed by atoms with van der Waals surface area (Å²) in [6, 6.07) is 11.9. The topological polar surface area (TPSA) is 39.1 Å². The predicted molar refractivity (Wildman–Crippen MR) is 89.2 cm³/mol. The lowest BCUT2D eigenvalue weighted by Crippen LogP contribution is -2.33. The minimum Gasteiger partial charge on any atom is -0.310 e. The number of nitrogens with zero attached hydrogens (tertiary/aromatic N) is 2. The summed E-state index contributed by atoms with van der Waals surface area (Å²) in [6.07, 6.45) is 7.20. The first-order chi connectivity index (χ1) is 10.8. The molecular weight excluding hydrogens is 270 g/mol. The quantitative estimate of drug-likeness (QED) is 0.904. The lowest BCUT2D eigenvalue weighted by molar-refractivity contribution is 0.325. The first-order valence-corrected chi connectivity index (χ1v) is 8.76. The summed E-state index contributed by atoms with van der Waals surface area (Å²) in [4.78, 5) is 2.55. The van der Waals surface area contributed by atoms with Crippen molar-refractivity contribution in [1.82, 2.24) is 10.2 Å². The van der Waals surface area contributed by atoms with Crippen LogP contribution in [0.4, 0.5) is 0 Å². The van der Waals surface area contributed by atoms with E-state index in [2.05, 4.69) is 40.6 Å². The smallest absolute Gasteiger partial charge is 0.0656 e. The van der Waals surface area contributed by atoms with Crippen LogP contribution in [0.1, 0.15) is 49.7 Å². The van der Waals surface area contributed by atoms with E-state index in [0.717, 1.165) is 25.9 Å². The van der Waals surface area contributed by atoms with Gasteiger partial charge in [0, 0.05) is 25.0 Å². The van der Waals surface area contributed by atoms with Gasteiger partial charge in [0.15, 0.2) is 0 Å². The van der Waals surface area contributed by atoms with E-state index in [4.69, 9.17) is 5.26 Å². The molecule has 1 aliphatic heterocycles. The van der Waals surface area contributed by atoms with Gasteiger partial charge in [-0.15, -0.1) is 0 Å². The molecule has 0 aromatic heterocycles. The van der Waals surface area contributed by atoms with Gasteiger partial charge in [-0.1, -0.05) is 30.7 Å². The standard InChI is InChI=1S/C19H27N3/c20-13-16-5-4-8-19(12-16)21-14-17-6-3-7-18(11-17)15-22-9-1-2-10-22/h3,6-7,11,16,19,21H,1-2,4-5,8-10,12,14-15H2/t16-,19-/m1/s1. The summed E-state index contributed by atoms with van der Waals surface area (Å²) in [5.74, 6) is 0.257. The van der Waals surface area contributed by atoms with Crippen LogP contribution in [0.3, 0.4) is 0 Å². The van der Waals surface area contributed by atoms with E-state index in [1.165, 1.54) is 49.9 Å². The third-order valence-corrected chi connectivity index (χ3v) is 5.05. The van der Waals surface area contributed by atoms with Gasteiger partial charge in [0.2, 0.25) is 0 Å². The summed E-state index contributed by atoms with van der Waals surface area (Å²) >= 11 is 0. The van der Waals surface area contributed by atoms with Crippen molar-refractivity contribution < 1.29 is 0 Å². The molecule has 1 aromatic rings. The van der Waals surface area contributed by atoms with Crippen LogP contribution in [0.25, 0.3) is 0 Å². The fourth-order valence-corrected chi connectivity index (χ4v) is 3.79. The van der Waals surface area contributed by atoms with Gasteiger partial charge >= 0.3 is 0 Å². The fraction of sp³-hybridized carbons (Fsp3) is 0.632. The van der Waals surface area contributed by atoms with Gasteiger partial charge in [-0.3, -0.25) is 4.90 Å². The Labute approximate surface area is 134 Å². The molecule has 1 aliphatic carbocycles. The van der Waals surface area contributed by atoms with Crippen molar-refractivity contribution >= 4 is 0 Å². The Hall–Kier alpha value is -1.37. The lowest BCUT2D eigenvalue weighted by atomic mass is 9.86. The number of rotatable bonds is 5. The molecule has 0 radical (unpaired) electrons. The van der Waals surface area contributed by atoms with E-state index in [9.17, 15) is 0 Å². The average Bonchev–Trinajstić information content (AvgIpc) is 3.06. The van der Waals surface area contributed by atoms with E-state index in [0.29, 0.717) is 6.04 Å². The fourth-order valence-electron chi connectivity index (χ4n) is 3.79. The molecule has 2 atom stereocenters. The van der Waals surface area contributed by atoms with Crippen LogP contribution in [-0.2, 0) is 13.1 Å². The molecule has 3 rings (SSSR count). The van der Waals surface area contributed by atoms with Gasteiger partial charge in [-0.2, -0.15) is 5.26 Å². The maximum atomic E-state index is 9.08. The molecule has 1 saturated carbocycles. The Balaban J connectivity index is 1.50. The van der Waals surface area contributed by atoms with E-state index >= 15 is 0 Å². The number of nitrogens with one attached hydrogen (secondary N) is 1. The SMILES string of the molecule is N#C[C@@H]1CCC[C@@H](NCc2cccc(CN3CCCC3)c2)C1. The van der Waals surface area contributed by atoms with E-state index in [1.54, 1.807) is 0 Å². The van der Waals surface area contributed by atoms with Crippen molar-refractivity contribution in [2.45, 2.75) is 57.7 Å². The Kier molecular flexibility index (Phi) is 5.48. The second kappa shape index (κ2) is 7.76. The van der Waals surface area contributed by atoms with E-state index in [-0.39, 0.29) is 5.92 Å². The molecule has 0 unspecified atom stereocenters. The Morgan fingerprint density at radius 3 is 2.77 bits per heavy atom. The van der Waals surface area contributed by atoms with Gasteiger partial charge in [0.25, 0.3) is 0 Å². The second-order valence-electron chi connectivity index (χ2n) is 6.87. The number of nitriles is 1. The summed E-state index contributed by atoms with van der Waals surface area (Å²) < 4.78 is 0.